The highest BCUT2D eigenvalue weighted by Crippen LogP contribution is 2.24. The molecule has 0 saturated heterocycles. The van der Waals surface area contributed by atoms with Crippen molar-refractivity contribution in [2.24, 2.45) is 0 Å². The van der Waals surface area contributed by atoms with E-state index in [1.165, 1.54) is 11.1 Å². The molecule has 1 heterocycles. The predicted molar refractivity (Wildman–Crippen MR) is 78.1 cm³/mol. The molecule has 100 valence electrons. The molecule has 3 aromatic rings. The number of hydrogen-bond donors (Lipinski definition) is 1. The van der Waals surface area contributed by atoms with E-state index >= 15 is 0 Å². The zero-order valence-electron chi connectivity index (χ0n) is 11.1. The molecule has 0 radical (unpaired) electrons. The summed E-state index contributed by atoms with van der Waals surface area (Å²) >= 11 is 0. The molecule has 4 aliphatic rings. The molecular weight excluding hydrogens is 250 g/mol. The van der Waals surface area contributed by atoms with Crippen LogP contribution in [0.15, 0.2) is 45.6 Å². The minimum absolute atomic E-state index is 0.358. The Morgan fingerprint density at radius 1 is 0.800 bits per heavy atom. The second kappa shape index (κ2) is 4.37. The van der Waals surface area contributed by atoms with Gasteiger partial charge >= 0.3 is 5.76 Å². The zero-order chi connectivity index (χ0) is 13.5. The summed E-state index contributed by atoms with van der Waals surface area (Å²) in [5.41, 5.74) is 6.53. The number of aromatic nitrogens is 1. The zero-order valence-corrected chi connectivity index (χ0v) is 11.1. The van der Waals surface area contributed by atoms with Gasteiger partial charge < -0.3 is 4.42 Å². The van der Waals surface area contributed by atoms with Gasteiger partial charge in [0.25, 0.3) is 0 Å². The third kappa shape index (κ3) is 1.86. The normalized spacial score (nSPS) is 14.4. The van der Waals surface area contributed by atoms with Crippen LogP contribution in [0.2, 0.25) is 0 Å². The van der Waals surface area contributed by atoms with Crippen LogP contribution in [-0.4, -0.2) is 4.98 Å². The molecule has 0 atom stereocenters. The Morgan fingerprint density at radius 3 is 2.10 bits per heavy atom. The molecule has 3 heteroatoms. The number of oxazole rings is 1. The Labute approximate surface area is 116 Å². The molecule has 2 aromatic carbocycles. The average Bonchev–Trinajstić information content (AvgIpc) is 2.83. The number of nitrogens with one attached hydrogen (secondary N) is 1. The summed E-state index contributed by atoms with van der Waals surface area (Å²) in [7, 11) is 0. The molecule has 0 saturated carbocycles. The number of H-pyrrole nitrogens is 1. The van der Waals surface area contributed by atoms with Crippen LogP contribution in [0.4, 0.5) is 0 Å². The van der Waals surface area contributed by atoms with Gasteiger partial charge in [-0.05, 0) is 47.9 Å². The van der Waals surface area contributed by atoms with E-state index in [4.69, 9.17) is 4.42 Å². The molecular formula is C17H15NO2. The summed E-state index contributed by atoms with van der Waals surface area (Å²) in [5, 5.41) is 0. The van der Waals surface area contributed by atoms with E-state index < -0.39 is 0 Å². The lowest BCUT2D eigenvalue weighted by molar-refractivity contribution is 0.551. The fourth-order valence-electron chi connectivity index (χ4n) is 2.98. The quantitative estimate of drug-likeness (QED) is 0.679. The Balaban J connectivity index is 1.91. The van der Waals surface area contributed by atoms with Crippen LogP contribution in [-0.2, 0) is 25.7 Å². The Kier molecular flexibility index (Phi) is 2.52. The van der Waals surface area contributed by atoms with Gasteiger partial charge in [0.1, 0.15) is 0 Å². The Hall–Kier alpha value is -2.29. The Morgan fingerprint density at radius 2 is 1.40 bits per heavy atom. The van der Waals surface area contributed by atoms with Crippen molar-refractivity contribution in [1.82, 2.24) is 4.98 Å². The van der Waals surface area contributed by atoms with Crippen LogP contribution in [0.5, 0.6) is 0 Å². The molecule has 20 heavy (non-hydrogen) atoms. The average molecular weight is 265 g/mol. The fourth-order valence-corrected chi connectivity index (χ4v) is 2.98. The number of aryl methyl sites for hydroxylation is 4. The topological polar surface area (TPSA) is 46.0 Å². The summed E-state index contributed by atoms with van der Waals surface area (Å²) in [4.78, 5) is 14.4. The first kappa shape index (κ1) is 11.5. The first-order valence-corrected chi connectivity index (χ1v) is 7.01. The maximum absolute atomic E-state index is 11.5. The molecule has 0 amide bonds. The highest BCUT2D eigenvalue weighted by atomic mass is 16.4. The maximum Gasteiger partial charge on any atom is 0.417 e. The summed E-state index contributed by atoms with van der Waals surface area (Å²) < 4.78 is 5.35. The lowest BCUT2D eigenvalue weighted by Crippen LogP contribution is -1.99. The Bertz CT molecular complexity index is 757. The third-order valence-electron chi connectivity index (χ3n) is 4.14. The van der Waals surface area contributed by atoms with E-state index in [1.807, 2.05) is 0 Å². The van der Waals surface area contributed by atoms with Crippen LogP contribution in [0.3, 0.4) is 0 Å². The van der Waals surface area contributed by atoms with Crippen LogP contribution >= 0.6 is 0 Å². The van der Waals surface area contributed by atoms with Crippen LogP contribution in [0, 0.1) is 0 Å². The molecule has 0 unspecified atom stereocenters. The standard InChI is InChI=1S/C17H15NO2/c19-17-18-15-13-7-5-11-1-3-12(4-2-11)6-8-14(10-9-13)16(15)20-17/h1-4,9-10H,5-8H2,(H,18,19). The van der Waals surface area contributed by atoms with Crippen LogP contribution in [0.1, 0.15) is 22.3 Å². The van der Waals surface area contributed by atoms with Gasteiger partial charge in [-0.2, -0.15) is 0 Å². The van der Waals surface area contributed by atoms with Crippen molar-refractivity contribution in [3.63, 3.8) is 0 Å². The summed E-state index contributed by atoms with van der Waals surface area (Å²) in [6.07, 6.45) is 3.73. The van der Waals surface area contributed by atoms with E-state index in [2.05, 4.69) is 41.4 Å². The number of aromatic amines is 1. The number of hydrogen-bond acceptors (Lipinski definition) is 2. The van der Waals surface area contributed by atoms with Crippen LogP contribution < -0.4 is 5.76 Å². The van der Waals surface area contributed by atoms with E-state index in [-0.39, 0.29) is 5.76 Å². The lowest BCUT2D eigenvalue weighted by Gasteiger charge is -2.10. The van der Waals surface area contributed by atoms with E-state index in [0.717, 1.165) is 47.9 Å². The van der Waals surface area contributed by atoms with Gasteiger partial charge in [-0.25, -0.2) is 4.79 Å². The summed E-state index contributed by atoms with van der Waals surface area (Å²) in [6.45, 7) is 0. The SMILES string of the molecule is O=c1[nH]c2c3ccc(c2o1)CCc1ccc(cc1)CC3. The van der Waals surface area contributed by atoms with Gasteiger partial charge in [-0.1, -0.05) is 36.4 Å². The van der Waals surface area contributed by atoms with Gasteiger partial charge in [0.2, 0.25) is 0 Å². The van der Waals surface area contributed by atoms with E-state index in [9.17, 15) is 4.79 Å². The summed E-state index contributed by atoms with van der Waals surface area (Å²) in [5.74, 6) is -0.358. The van der Waals surface area contributed by atoms with Gasteiger partial charge in [-0.3, -0.25) is 4.98 Å². The first-order chi connectivity index (χ1) is 9.79. The molecule has 3 nitrogen and oxygen atoms in total. The predicted octanol–water partition coefficient (Wildman–Crippen LogP) is 3.00. The van der Waals surface area contributed by atoms with Crippen molar-refractivity contribution in [3.8, 4) is 0 Å². The minimum Gasteiger partial charge on any atom is -0.408 e. The van der Waals surface area contributed by atoms with Crippen molar-refractivity contribution < 1.29 is 4.42 Å². The molecule has 0 spiro atoms. The smallest absolute Gasteiger partial charge is 0.408 e. The molecule has 1 aromatic heterocycles. The molecule has 1 N–H and O–H groups in total. The van der Waals surface area contributed by atoms with E-state index in [1.54, 1.807) is 0 Å². The van der Waals surface area contributed by atoms with Gasteiger partial charge in [0.05, 0.1) is 5.52 Å². The van der Waals surface area contributed by atoms with E-state index in [0.29, 0.717) is 0 Å². The first-order valence-electron chi connectivity index (χ1n) is 7.01. The van der Waals surface area contributed by atoms with Gasteiger partial charge in [-0.15, -0.1) is 0 Å². The lowest BCUT2D eigenvalue weighted by atomic mass is 9.96. The molecule has 7 rings (SSSR count). The second-order valence-corrected chi connectivity index (χ2v) is 5.42. The fraction of sp³-hybridized carbons (Fsp3) is 0.235. The van der Waals surface area contributed by atoms with Gasteiger partial charge in [0.15, 0.2) is 5.58 Å². The van der Waals surface area contributed by atoms with Crippen LogP contribution in [0.25, 0.3) is 11.1 Å². The van der Waals surface area contributed by atoms with Crippen molar-refractivity contribution in [2.45, 2.75) is 25.7 Å². The minimum atomic E-state index is -0.358. The number of benzene rings is 2. The van der Waals surface area contributed by atoms with Crippen molar-refractivity contribution in [3.05, 3.63) is 69.2 Å². The molecule has 0 aliphatic heterocycles. The third-order valence-corrected chi connectivity index (χ3v) is 4.14. The molecule has 4 bridgehead atoms. The second-order valence-electron chi connectivity index (χ2n) is 5.42. The van der Waals surface area contributed by atoms with Crippen molar-refractivity contribution in [1.29, 1.82) is 0 Å². The maximum atomic E-state index is 11.5. The van der Waals surface area contributed by atoms with Crippen molar-refractivity contribution in [2.75, 3.05) is 0 Å². The molecule has 4 aliphatic carbocycles. The highest BCUT2D eigenvalue weighted by molar-refractivity contribution is 5.79. The largest absolute Gasteiger partial charge is 0.417 e. The summed E-state index contributed by atoms with van der Waals surface area (Å²) in [6, 6.07) is 13.0. The number of rotatable bonds is 0. The highest BCUT2D eigenvalue weighted by Gasteiger charge is 2.13. The monoisotopic (exact) mass is 265 g/mol. The van der Waals surface area contributed by atoms with Crippen molar-refractivity contribution >= 4 is 11.1 Å². The van der Waals surface area contributed by atoms with Gasteiger partial charge in [0, 0.05) is 0 Å². The molecule has 0 fully saturated rings.